The molecule has 0 aliphatic carbocycles. The molecule has 0 saturated heterocycles. The van der Waals surface area contributed by atoms with Gasteiger partial charge < -0.3 is 20.9 Å². The molecular formula is C25H31ClF2N4O3. The molecule has 10 heteroatoms. The largest absolute Gasteiger partial charge is 0.343 e. The lowest BCUT2D eigenvalue weighted by atomic mass is 9.96. The van der Waals surface area contributed by atoms with Crippen molar-refractivity contribution in [2.45, 2.75) is 51.9 Å². The van der Waals surface area contributed by atoms with Gasteiger partial charge in [0.2, 0.25) is 11.8 Å². The van der Waals surface area contributed by atoms with Gasteiger partial charge in [-0.1, -0.05) is 50.6 Å². The maximum atomic E-state index is 14.2. The molecule has 0 spiro atoms. The van der Waals surface area contributed by atoms with Gasteiger partial charge in [-0.25, -0.2) is 8.78 Å². The van der Waals surface area contributed by atoms with E-state index in [0.717, 1.165) is 17.7 Å². The zero-order chi connectivity index (χ0) is 25.0. The molecule has 3 amide bonds. The molecule has 35 heavy (non-hydrogen) atoms. The number of amides is 3. The van der Waals surface area contributed by atoms with E-state index in [1.807, 2.05) is 13.8 Å². The van der Waals surface area contributed by atoms with Crippen molar-refractivity contribution < 1.29 is 23.2 Å². The number of nitrogens with zero attached hydrogens (tertiary/aromatic N) is 1. The lowest BCUT2D eigenvalue weighted by Crippen LogP contribution is -2.55. The van der Waals surface area contributed by atoms with Gasteiger partial charge in [-0.3, -0.25) is 14.4 Å². The Kier molecular flexibility index (Phi) is 9.73. The lowest BCUT2D eigenvalue weighted by Gasteiger charge is -2.32. The number of likely N-dealkylation sites (N-methyl/N-ethyl adjacent to an activating group) is 1. The molecule has 2 aromatic carbocycles. The first-order chi connectivity index (χ1) is 16.2. The Morgan fingerprint density at radius 3 is 2.29 bits per heavy atom. The summed E-state index contributed by atoms with van der Waals surface area (Å²) < 4.78 is 28.4. The van der Waals surface area contributed by atoms with Crippen LogP contribution in [0.25, 0.3) is 0 Å². The number of halogens is 3. The van der Waals surface area contributed by atoms with E-state index < -0.39 is 47.3 Å². The van der Waals surface area contributed by atoms with Crippen molar-refractivity contribution in [3.63, 3.8) is 0 Å². The number of carbonyl (C=O) groups is 3. The van der Waals surface area contributed by atoms with Crippen LogP contribution >= 0.6 is 12.4 Å². The highest BCUT2D eigenvalue weighted by atomic mass is 35.5. The molecule has 2 aromatic rings. The summed E-state index contributed by atoms with van der Waals surface area (Å²) in [5.41, 5.74) is 0.754. The molecule has 1 heterocycles. The first kappa shape index (κ1) is 28.2. The maximum absolute atomic E-state index is 14.2. The average Bonchev–Trinajstić information content (AvgIpc) is 3.23. The molecule has 0 saturated carbocycles. The number of hydrogen-bond acceptors (Lipinski definition) is 4. The van der Waals surface area contributed by atoms with Gasteiger partial charge in [-0.05, 0) is 43.1 Å². The third-order valence-electron chi connectivity index (χ3n) is 6.35. The van der Waals surface area contributed by atoms with E-state index in [0.29, 0.717) is 12.0 Å². The molecule has 7 nitrogen and oxygen atoms in total. The third-order valence-corrected chi connectivity index (χ3v) is 6.35. The molecule has 0 radical (unpaired) electrons. The molecule has 1 unspecified atom stereocenters. The highest BCUT2D eigenvalue weighted by Crippen LogP contribution is 2.36. The van der Waals surface area contributed by atoms with E-state index in [4.69, 9.17) is 0 Å². The fraction of sp³-hybridized carbons (Fsp3) is 0.400. The van der Waals surface area contributed by atoms with Crippen molar-refractivity contribution in [1.29, 1.82) is 0 Å². The Hall–Kier alpha value is -3.04. The SMILES string of the molecule is CC[C@H](C)[C@H](NC(=O)[C@H](C)NC)C(=O)N1Cc2ccccc2C1C(=O)Nc1c(F)cccc1F.Cl. The van der Waals surface area contributed by atoms with Gasteiger partial charge in [0, 0.05) is 6.54 Å². The molecule has 190 valence electrons. The summed E-state index contributed by atoms with van der Waals surface area (Å²) in [7, 11) is 1.64. The number of hydrogen-bond donors (Lipinski definition) is 3. The average molecular weight is 509 g/mol. The molecule has 3 N–H and O–H groups in total. The van der Waals surface area contributed by atoms with Crippen molar-refractivity contribution in [3.8, 4) is 0 Å². The predicted octanol–water partition coefficient (Wildman–Crippen LogP) is 3.55. The van der Waals surface area contributed by atoms with Crippen LogP contribution in [-0.2, 0) is 20.9 Å². The second-order valence-corrected chi connectivity index (χ2v) is 8.54. The minimum Gasteiger partial charge on any atom is -0.343 e. The van der Waals surface area contributed by atoms with Crippen LogP contribution in [0.1, 0.15) is 44.4 Å². The van der Waals surface area contributed by atoms with Crippen LogP contribution in [0.15, 0.2) is 42.5 Å². The smallest absolute Gasteiger partial charge is 0.252 e. The Balaban J connectivity index is 0.00000432. The Morgan fingerprint density at radius 1 is 1.06 bits per heavy atom. The van der Waals surface area contributed by atoms with Crippen LogP contribution < -0.4 is 16.0 Å². The van der Waals surface area contributed by atoms with Crippen molar-refractivity contribution in [1.82, 2.24) is 15.5 Å². The Bertz CT molecular complexity index is 1060. The van der Waals surface area contributed by atoms with Crippen LogP contribution in [0, 0.1) is 17.6 Å². The fourth-order valence-electron chi connectivity index (χ4n) is 3.96. The fourth-order valence-corrected chi connectivity index (χ4v) is 3.96. The predicted molar refractivity (Wildman–Crippen MR) is 132 cm³/mol. The van der Waals surface area contributed by atoms with Gasteiger partial charge in [0.15, 0.2) is 0 Å². The monoisotopic (exact) mass is 508 g/mol. The molecule has 4 atom stereocenters. The van der Waals surface area contributed by atoms with Crippen LogP contribution in [0.3, 0.4) is 0 Å². The first-order valence-electron chi connectivity index (χ1n) is 11.3. The van der Waals surface area contributed by atoms with Gasteiger partial charge in [0.1, 0.15) is 29.4 Å². The van der Waals surface area contributed by atoms with Crippen molar-refractivity contribution in [3.05, 3.63) is 65.2 Å². The van der Waals surface area contributed by atoms with E-state index >= 15 is 0 Å². The number of fused-ring (bicyclic) bond motifs is 1. The van der Waals surface area contributed by atoms with Gasteiger partial charge in [0.25, 0.3) is 5.91 Å². The van der Waals surface area contributed by atoms with Crippen LogP contribution in [0.4, 0.5) is 14.5 Å². The number of benzene rings is 2. The summed E-state index contributed by atoms with van der Waals surface area (Å²) in [6, 6.07) is 7.83. The highest BCUT2D eigenvalue weighted by molar-refractivity contribution is 6.00. The van der Waals surface area contributed by atoms with Crippen LogP contribution in [0.5, 0.6) is 0 Å². The highest BCUT2D eigenvalue weighted by Gasteiger charge is 2.42. The Morgan fingerprint density at radius 2 is 1.69 bits per heavy atom. The summed E-state index contributed by atoms with van der Waals surface area (Å²) >= 11 is 0. The summed E-state index contributed by atoms with van der Waals surface area (Å²) in [5.74, 6) is -3.55. The third kappa shape index (κ3) is 5.97. The first-order valence-corrected chi connectivity index (χ1v) is 11.3. The molecule has 0 fully saturated rings. The van der Waals surface area contributed by atoms with Gasteiger partial charge >= 0.3 is 0 Å². The second-order valence-electron chi connectivity index (χ2n) is 8.54. The van der Waals surface area contributed by atoms with Crippen LogP contribution in [-0.4, -0.2) is 41.8 Å². The maximum Gasteiger partial charge on any atom is 0.252 e. The van der Waals surface area contributed by atoms with Crippen molar-refractivity contribution in [2.24, 2.45) is 5.92 Å². The van der Waals surface area contributed by atoms with Gasteiger partial charge in [-0.2, -0.15) is 0 Å². The number of nitrogens with one attached hydrogen (secondary N) is 3. The standard InChI is InChI=1S/C25H30F2N4O3.ClH/c1-5-14(2)20(29-23(32)15(3)28-4)25(34)31-13-16-9-6-7-10-17(16)22(31)24(33)30-21-18(26)11-8-12-19(21)27;/h6-12,14-15,20,22,28H,5,13H2,1-4H3,(H,29,32)(H,30,33);1H/t14-,15-,20-,22?;/m0./s1. The molecule has 3 rings (SSSR count). The van der Waals surface area contributed by atoms with Crippen molar-refractivity contribution >= 4 is 35.8 Å². The van der Waals surface area contributed by atoms with E-state index in [-0.39, 0.29) is 30.8 Å². The normalized spacial score (nSPS) is 17.0. The van der Waals surface area contributed by atoms with E-state index in [1.54, 1.807) is 38.2 Å². The van der Waals surface area contributed by atoms with E-state index in [1.165, 1.54) is 11.0 Å². The number of anilines is 1. The topological polar surface area (TPSA) is 90.5 Å². The Labute approximate surface area is 210 Å². The summed E-state index contributed by atoms with van der Waals surface area (Å²) in [4.78, 5) is 41.0. The van der Waals surface area contributed by atoms with Crippen LogP contribution in [0.2, 0.25) is 0 Å². The quantitative estimate of drug-likeness (QED) is 0.508. The van der Waals surface area contributed by atoms with Crippen molar-refractivity contribution in [2.75, 3.05) is 12.4 Å². The zero-order valence-corrected chi connectivity index (χ0v) is 20.9. The number of carbonyl (C=O) groups excluding carboxylic acids is 3. The minimum absolute atomic E-state index is 0. The van der Waals surface area contributed by atoms with E-state index in [2.05, 4.69) is 16.0 Å². The van der Waals surface area contributed by atoms with Gasteiger partial charge in [-0.15, -0.1) is 12.4 Å². The molecule has 1 aliphatic rings. The zero-order valence-electron chi connectivity index (χ0n) is 20.1. The molecule has 1 aliphatic heterocycles. The number of para-hydroxylation sites is 1. The number of rotatable bonds is 8. The van der Waals surface area contributed by atoms with Gasteiger partial charge in [0.05, 0.1) is 6.04 Å². The molecular weight excluding hydrogens is 478 g/mol. The minimum atomic E-state index is -1.10. The molecule has 0 aromatic heterocycles. The van der Waals surface area contributed by atoms with E-state index in [9.17, 15) is 23.2 Å². The summed E-state index contributed by atoms with van der Waals surface area (Å²) in [6.07, 6.45) is 0.614. The second kappa shape index (κ2) is 12.1. The summed E-state index contributed by atoms with van der Waals surface area (Å²) in [5, 5.41) is 7.96. The lowest BCUT2D eigenvalue weighted by molar-refractivity contribution is -0.143. The summed E-state index contributed by atoms with van der Waals surface area (Å²) in [6.45, 7) is 5.57. The molecule has 0 bridgehead atoms.